The smallest absolute Gasteiger partial charge is 0.164 e. The van der Waals surface area contributed by atoms with Crippen molar-refractivity contribution in [3.8, 4) is 0 Å². The molecule has 0 amide bonds. The van der Waals surface area contributed by atoms with Gasteiger partial charge in [-0.3, -0.25) is 9.78 Å². The van der Waals surface area contributed by atoms with Crippen LogP contribution in [0.4, 0.5) is 0 Å². The van der Waals surface area contributed by atoms with Crippen LogP contribution in [0.2, 0.25) is 0 Å². The third-order valence-electron chi connectivity index (χ3n) is 1.55. The molecule has 1 heterocycles. The Bertz CT molecular complexity index is 248. The Morgan fingerprint density at radius 3 is 3.00 bits per heavy atom. The van der Waals surface area contributed by atoms with Crippen LogP contribution in [0.25, 0.3) is 0 Å². The van der Waals surface area contributed by atoms with E-state index in [1.807, 2.05) is 0 Å². The lowest BCUT2D eigenvalue weighted by Gasteiger charge is -1.97. The number of nitrogens with zero attached hydrogens (tertiary/aromatic N) is 1. The summed E-state index contributed by atoms with van der Waals surface area (Å²) < 4.78 is 0. The molecule has 0 aliphatic heterocycles. The van der Waals surface area contributed by atoms with E-state index in [1.54, 1.807) is 24.5 Å². The zero-order chi connectivity index (χ0) is 8.81. The first kappa shape index (κ1) is 9.26. The number of hydrogen-bond acceptors (Lipinski definition) is 3. The molecule has 0 unspecified atom stereocenters. The van der Waals surface area contributed by atoms with Gasteiger partial charge in [-0.05, 0) is 24.3 Å². The van der Waals surface area contributed by atoms with E-state index in [2.05, 4.69) is 17.6 Å². The zero-order valence-corrected chi connectivity index (χ0v) is 7.63. The number of aromatic nitrogens is 1. The van der Waals surface area contributed by atoms with Crippen molar-refractivity contribution < 1.29 is 4.79 Å². The Hall–Kier alpha value is -0.830. The number of carbonyl (C=O) groups is 1. The maximum Gasteiger partial charge on any atom is 0.164 e. The number of Topliss-reactive ketones (excluding diaryl/α,β-unsaturated/α-hetero) is 1. The van der Waals surface area contributed by atoms with Gasteiger partial charge >= 0.3 is 0 Å². The number of rotatable bonds is 4. The lowest BCUT2D eigenvalue weighted by Crippen LogP contribution is -1.99. The van der Waals surface area contributed by atoms with Crippen molar-refractivity contribution in [2.45, 2.75) is 12.8 Å². The summed E-state index contributed by atoms with van der Waals surface area (Å²) in [6.07, 6.45) is 4.66. The minimum Gasteiger partial charge on any atom is -0.294 e. The Morgan fingerprint density at radius 2 is 2.42 bits per heavy atom. The highest BCUT2D eigenvalue weighted by atomic mass is 32.1. The van der Waals surface area contributed by atoms with Gasteiger partial charge in [0.2, 0.25) is 0 Å². The van der Waals surface area contributed by atoms with Gasteiger partial charge in [-0.2, -0.15) is 12.6 Å². The molecule has 0 radical (unpaired) electrons. The Balaban J connectivity index is 2.54. The average Bonchev–Trinajstić information content (AvgIpc) is 2.15. The quantitative estimate of drug-likeness (QED) is 0.568. The monoisotopic (exact) mass is 181 g/mol. The van der Waals surface area contributed by atoms with Crippen LogP contribution < -0.4 is 0 Å². The number of hydrogen-bond donors (Lipinski definition) is 1. The molecule has 3 heteroatoms. The Labute approximate surface area is 77.4 Å². The molecule has 1 aromatic rings. The van der Waals surface area contributed by atoms with Crippen LogP contribution in [0.3, 0.4) is 0 Å². The molecule has 0 aliphatic rings. The molecule has 0 aliphatic carbocycles. The van der Waals surface area contributed by atoms with Crippen LogP contribution >= 0.6 is 12.6 Å². The fraction of sp³-hybridized carbons (Fsp3) is 0.333. The summed E-state index contributed by atoms with van der Waals surface area (Å²) >= 11 is 4.04. The van der Waals surface area contributed by atoms with Crippen LogP contribution in [0.15, 0.2) is 24.5 Å². The molecule has 0 bridgehead atoms. The molecule has 1 rings (SSSR count). The molecule has 0 saturated carbocycles. The standard InChI is InChI=1S/C9H11NOS/c11-9(4-2-6-12)8-3-1-5-10-7-8/h1,3,5,7,12H,2,4,6H2. The van der Waals surface area contributed by atoms with Gasteiger partial charge in [-0.15, -0.1) is 0 Å². The van der Waals surface area contributed by atoms with Gasteiger partial charge in [0, 0.05) is 24.4 Å². The second-order valence-electron chi connectivity index (χ2n) is 2.49. The van der Waals surface area contributed by atoms with Gasteiger partial charge in [0.15, 0.2) is 5.78 Å². The van der Waals surface area contributed by atoms with Gasteiger partial charge in [0.25, 0.3) is 0 Å². The summed E-state index contributed by atoms with van der Waals surface area (Å²) in [7, 11) is 0. The summed E-state index contributed by atoms with van der Waals surface area (Å²) in [6, 6.07) is 3.56. The molecule has 0 spiro atoms. The van der Waals surface area contributed by atoms with E-state index >= 15 is 0 Å². The molecule has 0 aromatic carbocycles. The van der Waals surface area contributed by atoms with E-state index in [0.29, 0.717) is 12.0 Å². The highest BCUT2D eigenvalue weighted by Crippen LogP contribution is 2.03. The summed E-state index contributed by atoms with van der Waals surface area (Å²) in [6.45, 7) is 0. The number of thiol groups is 1. The molecule has 0 atom stereocenters. The van der Waals surface area contributed by atoms with Crippen molar-refractivity contribution in [2.75, 3.05) is 5.75 Å². The third-order valence-corrected chi connectivity index (χ3v) is 1.86. The van der Waals surface area contributed by atoms with E-state index in [1.165, 1.54) is 0 Å². The van der Waals surface area contributed by atoms with E-state index in [9.17, 15) is 4.79 Å². The van der Waals surface area contributed by atoms with Crippen LogP contribution in [0.5, 0.6) is 0 Å². The highest BCUT2D eigenvalue weighted by Gasteiger charge is 2.03. The van der Waals surface area contributed by atoms with Crippen molar-refractivity contribution in [3.05, 3.63) is 30.1 Å². The molecule has 1 aromatic heterocycles. The fourth-order valence-corrected chi connectivity index (χ4v) is 1.07. The number of ketones is 1. The van der Waals surface area contributed by atoms with Crippen molar-refractivity contribution in [2.24, 2.45) is 0 Å². The normalized spacial score (nSPS) is 9.75. The minimum atomic E-state index is 0.150. The molecular formula is C9H11NOS. The van der Waals surface area contributed by atoms with Gasteiger partial charge in [-0.25, -0.2) is 0 Å². The van der Waals surface area contributed by atoms with Crippen molar-refractivity contribution in [3.63, 3.8) is 0 Å². The largest absolute Gasteiger partial charge is 0.294 e. The van der Waals surface area contributed by atoms with Gasteiger partial charge in [0.1, 0.15) is 0 Å². The van der Waals surface area contributed by atoms with Crippen molar-refractivity contribution >= 4 is 18.4 Å². The lowest BCUT2D eigenvalue weighted by atomic mass is 10.1. The number of pyridine rings is 1. The maximum absolute atomic E-state index is 11.3. The molecule has 0 N–H and O–H groups in total. The summed E-state index contributed by atoms with van der Waals surface area (Å²) in [5, 5.41) is 0. The molecule has 2 nitrogen and oxygen atoms in total. The molecule has 64 valence electrons. The number of carbonyl (C=O) groups excluding carboxylic acids is 1. The summed E-state index contributed by atoms with van der Waals surface area (Å²) in [4.78, 5) is 15.2. The molecule has 0 fully saturated rings. The molecule has 0 saturated heterocycles. The first-order chi connectivity index (χ1) is 5.84. The highest BCUT2D eigenvalue weighted by molar-refractivity contribution is 7.80. The second kappa shape index (κ2) is 4.93. The van der Waals surface area contributed by atoms with Crippen LogP contribution in [0, 0.1) is 0 Å². The van der Waals surface area contributed by atoms with E-state index in [0.717, 1.165) is 12.2 Å². The van der Waals surface area contributed by atoms with Crippen LogP contribution in [-0.4, -0.2) is 16.5 Å². The topological polar surface area (TPSA) is 30.0 Å². The van der Waals surface area contributed by atoms with Crippen LogP contribution in [0.1, 0.15) is 23.2 Å². The SMILES string of the molecule is O=C(CCCS)c1cccnc1. The van der Waals surface area contributed by atoms with E-state index in [4.69, 9.17) is 0 Å². The van der Waals surface area contributed by atoms with E-state index in [-0.39, 0.29) is 5.78 Å². The van der Waals surface area contributed by atoms with Gasteiger partial charge < -0.3 is 0 Å². The molecule has 12 heavy (non-hydrogen) atoms. The summed E-state index contributed by atoms with van der Waals surface area (Å²) in [5.74, 6) is 0.906. The van der Waals surface area contributed by atoms with Gasteiger partial charge in [-0.1, -0.05) is 0 Å². The van der Waals surface area contributed by atoms with Crippen LogP contribution in [-0.2, 0) is 0 Å². The minimum absolute atomic E-state index is 0.150. The maximum atomic E-state index is 11.3. The summed E-state index contributed by atoms with van der Waals surface area (Å²) in [5.41, 5.74) is 0.694. The fourth-order valence-electron chi connectivity index (χ4n) is 0.912. The predicted octanol–water partition coefficient (Wildman–Crippen LogP) is 1.97. The average molecular weight is 181 g/mol. The lowest BCUT2D eigenvalue weighted by molar-refractivity contribution is 0.0982. The first-order valence-electron chi connectivity index (χ1n) is 3.88. The zero-order valence-electron chi connectivity index (χ0n) is 6.73. The van der Waals surface area contributed by atoms with Crippen molar-refractivity contribution in [1.82, 2.24) is 4.98 Å². The first-order valence-corrected chi connectivity index (χ1v) is 4.52. The molecular weight excluding hydrogens is 170 g/mol. The third kappa shape index (κ3) is 2.66. The Morgan fingerprint density at radius 1 is 1.58 bits per heavy atom. The van der Waals surface area contributed by atoms with E-state index < -0.39 is 0 Å². The van der Waals surface area contributed by atoms with Crippen molar-refractivity contribution in [1.29, 1.82) is 0 Å². The second-order valence-corrected chi connectivity index (χ2v) is 2.94. The predicted molar refractivity (Wildman–Crippen MR) is 51.7 cm³/mol. The van der Waals surface area contributed by atoms with Gasteiger partial charge in [0.05, 0.1) is 0 Å². The Kier molecular flexibility index (Phi) is 3.80.